The van der Waals surface area contributed by atoms with Gasteiger partial charge in [-0.1, -0.05) is 17.7 Å². The number of nitrogens with one attached hydrogen (secondary N) is 1. The largest absolute Gasteiger partial charge is 0.490 e. The van der Waals surface area contributed by atoms with E-state index >= 15 is 0 Å². The number of benzene rings is 2. The van der Waals surface area contributed by atoms with E-state index in [2.05, 4.69) is 5.32 Å². The molecule has 0 aliphatic heterocycles. The molecule has 0 aliphatic rings. The number of halogens is 1. The van der Waals surface area contributed by atoms with E-state index in [-0.39, 0.29) is 5.91 Å². The van der Waals surface area contributed by atoms with E-state index in [0.717, 1.165) is 5.56 Å². The molecule has 5 nitrogen and oxygen atoms in total. The van der Waals surface area contributed by atoms with Gasteiger partial charge in [-0.05, 0) is 62.7 Å². The molecule has 2 aromatic rings. The van der Waals surface area contributed by atoms with Gasteiger partial charge < -0.3 is 19.5 Å². The lowest BCUT2D eigenvalue weighted by Gasteiger charge is -2.16. The average Bonchev–Trinajstić information content (AvgIpc) is 2.63. The highest BCUT2D eigenvalue weighted by Gasteiger charge is 2.15. The summed E-state index contributed by atoms with van der Waals surface area (Å²) in [6.07, 6.45) is -0.620. The monoisotopic (exact) mass is 377 g/mol. The molecule has 0 fully saturated rings. The van der Waals surface area contributed by atoms with E-state index in [1.165, 1.54) is 0 Å². The van der Waals surface area contributed by atoms with Crippen LogP contribution in [0.3, 0.4) is 0 Å². The smallest absolute Gasteiger partial charge is 0.261 e. The summed E-state index contributed by atoms with van der Waals surface area (Å²) in [4.78, 5) is 12.2. The van der Waals surface area contributed by atoms with Gasteiger partial charge in [0.1, 0.15) is 5.75 Å². The van der Waals surface area contributed by atoms with Crippen molar-refractivity contribution in [3.8, 4) is 17.2 Å². The minimum atomic E-state index is -0.620. The second kappa shape index (κ2) is 9.92. The van der Waals surface area contributed by atoms with Crippen LogP contribution in [0.4, 0.5) is 0 Å². The Morgan fingerprint density at radius 3 is 2.35 bits per heavy atom. The van der Waals surface area contributed by atoms with Crippen molar-refractivity contribution in [2.75, 3.05) is 13.2 Å². The van der Waals surface area contributed by atoms with Crippen molar-refractivity contribution in [2.24, 2.45) is 0 Å². The third-order valence-electron chi connectivity index (χ3n) is 3.57. The van der Waals surface area contributed by atoms with Crippen molar-refractivity contribution in [1.29, 1.82) is 0 Å². The van der Waals surface area contributed by atoms with E-state index in [0.29, 0.717) is 42.0 Å². The molecule has 1 unspecified atom stereocenters. The summed E-state index contributed by atoms with van der Waals surface area (Å²) in [6, 6.07) is 12.5. The summed E-state index contributed by atoms with van der Waals surface area (Å²) < 4.78 is 16.8. The van der Waals surface area contributed by atoms with Gasteiger partial charge in [0.05, 0.1) is 13.2 Å². The zero-order valence-corrected chi connectivity index (χ0v) is 16.0. The van der Waals surface area contributed by atoms with Gasteiger partial charge in [-0.3, -0.25) is 4.79 Å². The van der Waals surface area contributed by atoms with Crippen LogP contribution >= 0.6 is 11.6 Å². The van der Waals surface area contributed by atoms with Crippen LogP contribution in [0, 0.1) is 0 Å². The topological polar surface area (TPSA) is 56.8 Å². The number of hydrogen-bond acceptors (Lipinski definition) is 4. The molecular weight excluding hydrogens is 354 g/mol. The van der Waals surface area contributed by atoms with Gasteiger partial charge in [0.25, 0.3) is 5.91 Å². The molecule has 140 valence electrons. The normalized spacial score (nSPS) is 11.5. The summed E-state index contributed by atoms with van der Waals surface area (Å²) in [5, 5.41) is 3.49. The van der Waals surface area contributed by atoms with Gasteiger partial charge >= 0.3 is 0 Å². The lowest BCUT2D eigenvalue weighted by atomic mass is 10.2. The molecule has 0 aliphatic carbocycles. The number of amides is 1. The molecule has 0 spiro atoms. The van der Waals surface area contributed by atoms with Gasteiger partial charge in [0, 0.05) is 11.6 Å². The Kier molecular flexibility index (Phi) is 7.60. The second-order valence-corrected chi connectivity index (χ2v) is 6.02. The molecular formula is C20H24ClNO4. The molecule has 0 aromatic heterocycles. The van der Waals surface area contributed by atoms with Gasteiger partial charge in [0.2, 0.25) is 0 Å². The Balaban J connectivity index is 1.93. The van der Waals surface area contributed by atoms with Gasteiger partial charge in [0.15, 0.2) is 17.6 Å². The predicted molar refractivity (Wildman–Crippen MR) is 102 cm³/mol. The Labute approximate surface area is 159 Å². The van der Waals surface area contributed by atoms with E-state index in [4.69, 9.17) is 25.8 Å². The highest BCUT2D eigenvalue weighted by atomic mass is 35.5. The van der Waals surface area contributed by atoms with Crippen LogP contribution < -0.4 is 19.5 Å². The van der Waals surface area contributed by atoms with E-state index in [1.807, 2.05) is 32.0 Å². The lowest BCUT2D eigenvalue weighted by Crippen LogP contribution is -2.35. The molecule has 0 heterocycles. The van der Waals surface area contributed by atoms with Gasteiger partial charge in [-0.2, -0.15) is 0 Å². The van der Waals surface area contributed by atoms with Crippen LogP contribution in [-0.4, -0.2) is 25.2 Å². The predicted octanol–water partition coefficient (Wildman–Crippen LogP) is 4.22. The lowest BCUT2D eigenvalue weighted by molar-refractivity contribution is -0.127. The number of hydrogen-bond donors (Lipinski definition) is 1. The summed E-state index contributed by atoms with van der Waals surface area (Å²) in [5.74, 6) is 1.76. The molecule has 0 radical (unpaired) electrons. The van der Waals surface area contributed by atoms with Crippen LogP contribution in [0.15, 0.2) is 42.5 Å². The fourth-order valence-corrected chi connectivity index (χ4v) is 2.44. The Hall–Kier alpha value is -2.40. The van der Waals surface area contributed by atoms with Gasteiger partial charge in [-0.15, -0.1) is 0 Å². The zero-order valence-electron chi connectivity index (χ0n) is 15.3. The first-order valence-electron chi connectivity index (χ1n) is 8.62. The number of ether oxygens (including phenoxy) is 3. The summed E-state index contributed by atoms with van der Waals surface area (Å²) in [6.45, 7) is 7.02. The van der Waals surface area contributed by atoms with Crippen molar-refractivity contribution in [3.63, 3.8) is 0 Å². The van der Waals surface area contributed by atoms with Crippen LogP contribution in [0.2, 0.25) is 5.02 Å². The maximum absolute atomic E-state index is 12.2. The number of carbonyl (C=O) groups is 1. The second-order valence-electron chi connectivity index (χ2n) is 5.58. The average molecular weight is 378 g/mol. The molecule has 6 heteroatoms. The highest BCUT2D eigenvalue weighted by Crippen LogP contribution is 2.28. The first-order chi connectivity index (χ1) is 12.5. The third kappa shape index (κ3) is 5.85. The number of rotatable bonds is 9. The summed E-state index contributed by atoms with van der Waals surface area (Å²) in [7, 11) is 0. The Bertz CT molecular complexity index is 718. The van der Waals surface area contributed by atoms with E-state index < -0.39 is 6.10 Å². The molecule has 2 aromatic carbocycles. The molecule has 0 saturated carbocycles. The third-order valence-corrected chi connectivity index (χ3v) is 3.82. The van der Waals surface area contributed by atoms with E-state index in [9.17, 15) is 4.79 Å². The SMILES string of the molecule is CCOc1ccc(CNC(=O)C(C)Oc2ccc(Cl)cc2)cc1OCC. The number of carbonyl (C=O) groups excluding carboxylic acids is 1. The first kappa shape index (κ1) is 19.9. The Morgan fingerprint density at radius 1 is 1.04 bits per heavy atom. The molecule has 1 atom stereocenters. The van der Waals surface area contributed by atoms with Crippen molar-refractivity contribution < 1.29 is 19.0 Å². The minimum absolute atomic E-state index is 0.202. The fourth-order valence-electron chi connectivity index (χ4n) is 2.31. The quantitative estimate of drug-likeness (QED) is 0.710. The van der Waals surface area contributed by atoms with Crippen molar-refractivity contribution >= 4 is 17.5 Å². The Morgan fingerprint density at radius 2 is 1.69 bits per heavy atom. The van der Waals surface area contributed by atoms with Crippen molar-refractivity contribution in [1.82, 2.24) is 5.32 Å². The first-order valence-corrected chi connectivity index (χ1v) is 8.99. The molecule has 1 amide bonds. The fraction of sp³-hybridized carbons (Fsp3) is 0.350. The summed E-state index contributed by atoms with van der Waals surface area (Å²) in [5.41, 5.74) is 0.920. The maximum atomic E-state index is 12.2. The van der Waals surface area contributed by atoms with Crippen LogP contribution in [0.25, 0.3) is 0 Å². The standard InChI is InChI=1S/C20H24ClNO4/c1-4-24-18-11-6-15(12-19(18)25-5-2)13-22-20(23)14(3)26-17-9-7-16(21)8-10-17/h6-12,14H,4-5,13H2,1-3H3,(H,22,23). The molecule has 2 rings (SSSR count). The molecule has 0 saturated heterocycles. The van der Waals surface area contributed by atoms with E-state index in [1.54, 1.807) is 31.2 Å². The molecule has 26 heavy (non-hydrogen) atoms. The van der Waals surface area contributed by atoms with Crippen LogP contribution in [0.5, 0.6) is 17.2 Å². The zero-order chi connectivity index (χ0) is 18.9. The van der Waals surface area contributed by atoms with Crippen LogP contribution in [-0.2, 0) is 11.3 Å². The summed E-state index contributed by atoms with van der Waals surface area (Å²) >= 11 is 5.84. The highest BCUT2D eigenvalue weighted by molar-refractivity contribution is 6.30. The minimum Gasteiger partial charge on any atom is -0.490 e. The van der Waals surface area contributed by atoms with Gasteiger partial charge in [-0.25, -0.2) is 0 Å². The maximum Gasteiger partial charge on any atom is 0.261 e. The van der Waals surface area contributed by atoms with Crippen LogP contribution in [0.1, 0.15) is 26.3 Å². The molecule has 0 bridgehead atoms. The van der Waals surface area contributed by atoms with Crippen molar-refractivity contribution in [2.45, 2.75) is 33.4 Å². The molecule has 1 N–H and O–H groups in total. The van der Waals surface area contributed by atoms with Crippen molar-refractivity contribution in [3.05, 3.63) is 53.1 Å².